The zero-order valence-electron chi connectivity index (χ0n) is 18.4. The number of rotatable bonds is 12. The van der Waals surface area contributed by atoms with Crippen LogP contribution in [0, 0.1) is 0 Å². The topological polar surface area (TPSA) is 59.0 Å². The molecule has 1 N–H and O–H groups in total. The van der Waals surface area contributed by atoms with Gasteiger partial charge in [-0.1, -0.05) is 39.0 Å². The van der Waals surface area contributed by atoms with Gasteiger partial charge in [0.2, 0.25) is 0 Å². The van der Waals surface area contributed by atoms with E-state index in [2.05, 4.69) is 34.6 Å². The Morgan fingerprint density at radius 3 is 2.15 bits per heavy atom. The predicted molar refractivity (Wildman–Crippen MR) is 113 cm³/mol. The Kier molecular flexibility index (Phi) is 10.8. The first-order valence-electron chi connectivity index (χ1n) is 10.6. The molecule has 1 unspecified atom stereocenters. The lowest BCUT2D eigenvalue weighted by atomic mass is 9.80. The number of hydroxylamine groups is 2. The fourth-order valence-electron chi connectivity index (χ4n) is 4.40. The third-order valence-electron chi connectivity index (χ3n) is 5.38. The van der Waals surface area contributed by atoms with Crippen LogP contribution < -0.4 is 0 Å². The van der Waals surface area contributed by atoms with E-state index in [1.54, 1.807) is 7.11 Å². The highest BCUT2D eigenvalue weighted by Crippen LogP contribution is 2.40. The van der Waals surface area contributed by atoms with Gasteiger partial charge in [0.15, 0.2) is 0 Å². The molecule has 1 saturated heterocycles. The lowest BCUT2D eigenvalue weighted by Gasteiger charge is -2.52. The Morgan fingerprint density at radius 2 is 1.59 bits per heavy atom. The van der Waals surface area contributed by atoms with Crippen molar-refractivity contribution in [1.82, 2.24) is 5.06 Å². The number of ether oxygens (including phenoxy) is 1. The first-order valence-corrected chi connectivity index (χ1v) is 12.3. The highest BCUT2D eigenvalue weighted by molar-refractivity contribution is 7.51. The van der Waals surface area contributed by atoms with Gasteiger partial charge in [-0.05, 0) is 40.3 Å². The molecule has 1 aliphatic heterocycles. The van der Waals surface area contributed by atoms with Gasteiger partial charge in [0.25, 0.3) is 0 Å². The molecule has 5 nitrogen and oxygen atoms in total. The standard InChI is InChI=1S/C21H42NO4P/c1-7-8-9-10-11-12-14-27(24)15-13-19(23)26-18-16-20(2,3)22(25-6)21(4,5)17-18/h18,24H,7-17H2,1-6H3. The minimum absolute atomic E-state index is 0.0996. The Bertz CT molecular complexity index is 424. The molecular weight excluding hydrogens is 361 g/mol. The molecule has 1 aliphatic rings. The van der Waals surface area contributed by atoms with E-state index >= 15 is 0 Å². The molecule has 0 spiro atoms. The maximum atomic E-state index is 12.3. The van der Waals surface area contributed by atoms with Crippen LogP contribution in [-0.4, -0.2) is 52.5 Å². The van der Waals surface area contributed by atoms with Crippen molar-refractivity contribution in [3.05, 3.63) is 0 Å². The molecule has 6 heteroatoms. The molecule has 0 aromatic rings. The molecule has 0 radical (unpaired) electrons. The summed E-state index contributed by atoms with van der Waals surface area (Å²) < 4.78 is 5.75. The summed E-state index contributed by atoms with van der Waals surface area (Å²) in [6.45, 7) is 10.7. The van der Waals surface area contributed by atoms with Crippen molar-refractivity contribution in [2.24, 2.45) is 0 Å². The van der Waals surface area contributed by atoms with Crippen molar-refractivity contribution in [3.8, 4) is 0 Å². The van der Waals surface area contributed by atoms with E-state index in [-0.39, 0.29) is 23.2 Å². The summed E-state index contributed by atoms with van der Waals surface area (Å²) in [5, 5.41) is 2.01. The molecule has 1 heterocycles. The largest absolute Gasteiger partial charge is 0.462 e. The number of esters is 1. The van der Waals surface area contributed by atoms with Crippen LogP contribution in [0.25, 0.3) is 0 Å². The van der Waals surface area contributed by atoms with Gasteiger partial charge >= 0.3 is 5.97 Å². The Hall–Kier alpha value is -0.220. The summed E-state index contributed by atoms with van der Waals surface area (Å²) in [5.74, 6) is -0.179. The summed E-state index contributed by atoms with van der Waals surface area (Å²) in [5.41, 5.74) is -0.383. The summed E-state index contributed by atoms with van der Waals surface area (Å²) in [7, 11) is 0.660. The lowest BCUT2D eigenvalue weighted by Crippen LogP contribution is -2.61. The van der Waals surface area contributed by atoms with E-state index in [0.717, 1.165) is 25.4 Å². The van der Waals surface area contributed by atoms with Gasteiger partial charge in [-0.3, -0.25) is 4.79 Å². The average molecular weight is 404 g/mol. The smallest absolute Gasteiger partial charge is 0.306 e. The Morgan fingerprint density at radius 1 is 1.04 bits per heavy atom. The number of carbonyl (C=O) groups excluding carboxylic acids is 1. The Balaban J connectivity index is 2.30. The summed E-state index contributed by atoms with van der Waals surface area (Å²) in [6, 6.07) is 0. The number of hydrogen-bond donors (Lipinski definition) is 1. The first-order chi connectivity index (χ1) is 12.6. The highest BCUT2D eigenvalue weighted by atomic mass is 31.1. The molecule has 160 valence electrons. The van der Waals surface area contributed by atoms with E-state index < -0.39 is 8.15 Å². The third kappa shape index (κ3) is 8.77. The van der Waals surface area contributed by atoms with Gasteiger partial charge in [-0.15, -0.1) is 0 Å². The van der Waals surface area contributed by atoms with Crippen molar-refractivity contribution < 1.29 is 19.3 Å². The van der Waals surface area contributed by atoms with E-state index in [0.29, 0.717) is 12.6 Å². The lowest BCUT2D eigenvalue weighted by molar-refractivity contribution is -0.278. The molecule has 0 aliphatic carbocycles. The zero-order chi connectivity index (χ0) is 20.5. The quantitative estimate of drug-likeness (QED) is 0.274. The normalized spacial score (nSPS) is 21.1. The molecule has 1 fully saturated rings. The van der Waals surface area contributed by atoms with Gasteiger partial charge < -0.3 is 14.5 Å². The van der Waals surface area contributed by atoms with Gasteiger partial charge in [0.1, 0.15) is 6.10 Å². The van der Waals surface area contributed by atoms with Gasteiger partial charge in [-0.25, -0.2) is 0 Å². The van der Waals surface area contributed by atoms with Crippen LogP contribution in [0.1, 0.15) is 92.4 Å². The number of hydrogen-bond acceptors (Lipinski definition) is 5. The number of piperidine rings is 1. The second-order valence-electron chi connectivity index (χ2n) is 9.09. The fraction of sp³-hybridized carbons (Fsp3) is 0.952. The monoisotopic (exact) mass is 403 g/mol. The summed E-state index contributed by atoms with van der Waals surface area (Å²) >= 11 is 0. The van der Waals surface area contributed by atoms with Crippen molar-refractivity contribution in [1.29, 1.82) is 0 Å². The van der Waals surface area contributed by atoms with Gasteiger partial charge in [0.05, 0.1) is 13.5 Å². The maximum absolute atomic E-state index is 12.3. The average Bonchev–Trinajstić information content (AvgIpc) is 2.54. The molecule has 27 heavy (non-hydrogen) atoms. The van der Waals surface area contributed by atoms with Crippen LogP contribution in [0.15, 0.2) is 0 Å². The van der Waals surface area contributed by atoms with Crippen LogP contribution in [-0.2, 0) is 14.4 Å². The summed E-state index contributed by atoms with van der Waals surface area (Å²) in [6.07, 6.45) is 10.5. The van der Waals surface area contributed by atoms with Crippen LogP contribution in [0.4, 0.5) is 0 Å². The van der Waals surface area contributed by atoms with Crippen LogP contribution >= 0.6 is 8.15 Å². The minimum atomic E-state index is -1.04. The number of unbranched alkanes of at least 4 members (excludes halogenated alkanes) is 5. The zero-order valence-corrected chi connectivity index (χ0v) is 19.3. The Labute approximate surface area is 168 Å². The first kappa shape index (κ1) is 24.8. The molecule has 1 atom stereocenters. The van der Waals surface area contributed by atoms with Crippen molar-refractivity contribution in [2.45, 2.75) is 110 Å². The number of carbonyl (C=O) groups is 1. The second kappa shape index (κ2) is 11.7. The van der Waals surface area contributed by atoms with Crippen molar-refractivity contribution >= 4 is 14.1 Å². The maximum Gasteiger partial charge on any atom is 0.306 e. The van der Waals surface area contributed by atoms with E-state index in [1.807, 2.05) is 5.06 Å². The van der Waals surface area contributed by atoms with Crippen LogP contribution in [0.3, 0.4) is 0 Å². The minimum Gasteiger partial charge on any atom is -0.462 e. The molecule has 0 aromatic heterocycles. The third-order valence-corrected chi connectivity index (χ3v) is 6.95. The van der Waals surface area contributed by atoms with Crippen molar-refractivity contribution in [2.75, 3.05) is 19.4 Å². The highest BCUT2D eigenvalue weighted by Gasteiger charge is 2.47. The van der Waals surface area contributed by atoms with E-state index in [9.17, 15) is 9.69 Å². The fourth-order valence-corrected chi connectivity index (χ4v) is 5.65. The summed E-state index contributed by atoms with van der Waals surface area (Å²) in [4.78, 5) is 28.0. The van der Waals surface area contributed by atoms with Crippen LogP contribution in [0.2, 0.25) is 0 Å². The van der Waals surface area contributed by atoms with Gasteiger partial charge in [-0.2, -0.15) is 5.06 Å². The second-order valence-corrected chi connectivity index (χ2v) is 11.0. The molecule has 0 saturated carbocycles. The van der Waals surface area contributed by atoms with E-state index in [4.69, 9.17) is 9.57 Å². The molecule has 0 amide bonds. The SMILES string of the molecule is CCCCCCCCP(O)CCC(=O)OC1CC(C)(C)N(OC)C(C)(C)C1. The van der Waals surface area contributed by atoms with Crippen molar-refractivity contribution in [3.63, 3.8) is 0 Å². The van der Waals surface area contributed by atoms with E-state index in [1.165, 1.54) is 32.1 Å². The molecule has 0 aromatic carbocycles. The predicted octanol–water partition coefficient (Wildman–Crippen LogP) is 5.25. The molecular formula is C21H42NO4P. The van der Waals surface area contributed by atoms with Crippen LogP contribution in [0.5, 0.6) is 0 Å². The number of nitrogens with zero attached hydrogens (tertiary/aromatic N) is 1. The molecule has 0 bridgehead atoms. The van der Waals surface area contributed by atoms with Gasteiger partial charge in [0, 0.05) is 38.2 Å². The molecule has 1 rings (SSSR count).